The van der Waals surface area contributed by atoms with Gasteiger partial charge in [-0.2, -0.15) is 5.10 Å². The lowest BCUT2D eigenvalue weighted by Gasteiger charge is -2.37. The van der Waals surface area contributed by atoms with Crippen LogP contribution in [0.2, 0.25) is 0 Å². The van der Waals surface area contributed by atoms with Gasteiger partial charge in [0.05, 0.1) is 12.3 Å². The van der Waals surface area contributed by atoms with Crippen molar-refractivity contribution in [3.63, 3.8) is 0 Å². The standard InChI is InChI=1S/C19H26N4O2/c1-15-13-18(20-23(15)17-7-5-4-6-8-17)19(24)22-11-9-21(10-12-22)16(2)14-25-3/h4-8,13,16H,9-12,14H2,1-3H3/t16-/m0/s1. The summed E-state index contributed by atoms with van der Waals surface area (Å²) in [5.74, 6) is 0.0109. The SMILES string of the molecule is COC[C@H](C)N1CCN(C(=O)c2cc(C)n(-c3ccccc3)n2)CC1. The molecule has 1 aromatic heterocycles. The average Bonchev–Trinajstić information content (AvgIpc) is 3.04. The molecule has 1 atom stereocenters. The first kappa shape index (κ1) is 17.6. The van der Waals surface area contributed by atoms with E-state index in [1.807, 2.05) is 52.9 Å². The highest BCUT2D eigenvalue weighted by Crippen LogP contribution is 2.15. The molecule has 6 nitrogen and oxygen atoms in total. The van der Waals surface area contributed by atoms with Gasteiger partial charge >= 0.3 is 0 Å². The molecular weight excluding hydrogens is 316 g/mol. The second-order valence-electron chi connectivity index (χ2n) is 6.55. The number of hydrogen-bond donors (Lipinski definition) is 0. The molecule has 0 spiro atoms. The second-order valence-corrected chi connectivity index (χ2v) is 6.55. The zero-order valence-electron chi connectivity index (χ0n) is 15.2. The fourth-order valence-electron chi connectivity index (χ4n) is 3.28. The number of benzene rings is 1. The van der Waals surface area contributed by atoms with Gasteiger partial charge in [0.15, 0.2) is 5.69 Å². The Morgan fingerprint density at radius 2 is 1.88 bits per heavy atom. The Labute approximate surface area is 149 Å². The van der Waals surface area contributed by atoms with Crippen LogP contribution in [0.15, 0.2) is 36.4 Å². The quantitative estimate of drug-likeness (QED) is 0.834. The highest BCUT2D eigenvalue weighted by molar-refractivity contribution is 5.92. The summed E-state index contributed by atoms with van der Waals surface area (Å²) in [5, 5.41) is 4.53. The Balaban J connectivity index is 1.67. The van der Waals surface area contributed by atoms with Gasteiger partial charge in [-0.05, 0) is 32.0 Å². The molecule has 3 rings (SSSR count). The van der Waals surface area contributed by atoms with Crippen LogP contribution in [0.4, 0.5) is 0 Å². The molecule has 1 aromatic carbocycles. The molecule has 0 saturated carbocycles. The molecule has 1 saturated heterocycles. The summed E-state index contributed by atoms with van der Waals surface area (Å²) in [5.41, 5.74) is 2.44. The van der Waals surface area contributed by atoms with E-state index in [2.05, 4.69) is 16.9 Å². The van der Waals surface area contributed by atoms with E-state index < -0.39 is 0 Å². The van der Waals surface area contributed by atoms with Gasteiger partial charge in [0.1, 0.15) is 0 Å². The molecular formula is C19H26N4O2. The number of rotatable bonds is 5. The van der Waals surface area contributed by atoms with Crippen molar-refractivity contribution in [2.45, 2.75) is 19.9 Å². The summed E-state index contributed by atoms with van der Waals surface area (Å²) in [6.45, 7) is 8.04. The number of aromatic nitrogens is 2. The van der Waals surface area contributed by atoms with Crippen molar-refractivity contribution in [1.29, 1.82) is 0 Å². The molecule has 0 N–H and O–H groups in total. The number of amides is 1. The van der Waals surface area contributed by atoms with E-state index in [-0.39, 0.29) is 5.91 Å². The lowest BCUT2D eigenvalue weighted by molar-refractivity contribution is 0.0445. The first-order valence-corrected chi connectivity index (χ1v) is 8.74. The Hall–Kier alpha value is -2.18. The number of hydrogen-bond acceptors (Lipinski definition) is 4. The zero-order chi connectivity index (χ0) is 17.8. The molecule has 0 bridgehead atoms. The lowest BCUT2D eigenvalue weighted by Crippen LogP contribution is -2.52. The first-order chi connectivity index (χ1) is 12.1. The average molecular weight is 342 g/mol. The van der Waals surface area contributed by atoms with Crippen LogP contribution in [0, 0.1) is 6.92 Å². The molecule has 0 unspecified atom stereocenters. The number of para-hydroxylation sites is 1. The van der Waals surface area contributed by atoms with E-state index in [4.69, 9.17) is 4.74 Å². The van der Waals surface area contributed by atoms with Crippen molar-refractivity contribution in [2.24, 2.45) is 0 Å². The molecule has 2 aromatic rings. The Morgan fingerprint density at radius 3 is 2.52 bits per heavy atom. The highest BCUT2D eigenvalue weighted by atomic mass is 16.5. The molecule has 134 valence electrons. The topological polar surface area (TPSA) is 50.6 Å². The van der Waals surface area contributed by atoms with Gasteiger partial charge in [0.2, 0.25) is 0 Å². The van der Waals surface area contributed by atoms with Crippen LogP contribution in [-0.4, -0.2) is 71.4 Å². The minimum atomic E-state index is 0.0109. The van der Waals surface area contributed by atoms with Crippen LogP contribution in [0.3, 0.4) is 0 Å². The van der Waals surface area contributed by atoms with Crippen molar-refractivity contribution >= 4 is 5.91 Å². The number of piperazine rings is 1. The Kier molecular flexibility index (Phi) is 5.50. The minimum Gasteiger partial charge on any atom is -0.383 e. The van der Waals surface area contributed by atoms with Gasteiger partial charge in [-0.3, -0.25) is 9.69 Å². The number of nitrogens with zero attached hydrogens (tertiary/aromatic N) is 4. The largest absolute Gasteiger partial charge is 0.383 e. The van der Waals surface area contributed by atoms with Gasteiger partial charge in [-0.1, -0.05) is 18.2 Å². The lowest BCUT2D eigenvalue weighted by atomic mass is 10.2. The summed E-state index contributed by atoms with van der Waals surface area (Å²) in [4.78, 5) is 17.1. The number of methoxy groups -OCH3 is 1. The molecule has 0 aliphatic carbocycles. The molecule has 1 aliphatic heterocycles. The molecule has 0 radical (unpaired) electrons. The molecule has 1 amide bonds. The highest BCUT2D eigenvalue weighted by Gasteiger charge is 2.26. The van der Waals surface area contributed by atoms with E-state index in [9.17, 15) is 4.79 Å². The van der Waals surface area contributed by atoms with Gasteiger partial charge in [-0.25, -0.2) is 4.68 Å². The van der Waals surface area contributed by atoms with E-state index in [1.54, 1.807) is 7.11 Å². The van der Waals surface area contributed by atoms with Gasteiger partial charge < -0.3 is 9.64 Å². The maximum atomic E-state index is 12.8. The van der Waals surface area contributed by atoms with Crippen molar-refractivity contribution < 1.29 is 9.53 Å². The van der Waals surface area contributed by atoms with E-state index in [0.717, 1.165) is 37.6 Å². The molecule has 25 heavy (non-hydrogen) atoms. The fourth-order valence-corrected chi connectivity index (χ4v) is 3.28. The van der Waals surface area contributed by atoms with Gasteiger partial charge in [-0.15, -0.1) is 0 Å². The maximum absolute atomic E-state index is 12.8. The third-order valence-electron chi connectivity index (χ3n) is 4.74. The first-order valence-electron chi connectivity index (χ1n) is 8.74. The predicted molar refractivity (Wildman–Crippen MR) is 97.1 cm³/mol. The van der Waals surface area contributed by atoms with Crippen molar-refractivity contribution in [1.82, 2.24) is 19.6 Å². The summed E-state index contributed by atoms with van der Waals surface area (Å²) in [6.07, 6.45) is 0. The third kappa shape index (κ3) is 3.91. The van der Waals surface area contributed by atoms with Gasteiger partial charge in [0.25, 0.3) is 5.91 Å². The fraction of sp³-hybridized carbons (Fsp3) is 0.474. The van der Waals surface area contributed by atoms with Crippen molar-refractivity contribution in [2.75, 3.05) is 39.9 Å². The maximum Gasteiger partial charge on any atom is 0.274 e. The number of carbonyl (C=O) groups is 1. The van der Waals surface area contributed by atoms with Crippen LogP contribution in [-0.2, 0) is 4.74 Å². The predicted octanol–water partition coefficient (Wildman–Crippen LogP) is 1.97. The van der Waals surface area contributed by atoms with Crippen LogP contribution >= 0.6 is 0 Å². The molecule has 1 aliphatic rings. The van der Waals surface area contributed by atoms with Crippen LogP contribution in [0.5, 0.6) is 0 Å². The van der Waals surface area contributed by atoms with Crippen LogP contribution < -0.4 is 0 Å². The monoisotopic (exact) mass is 342 g/mol. The number of aryl methyl sites for hydroxylation is 1. The number of ether oxygens (including phenoxy) is 1. The summed E-state index contributed by atoms with van der Waals surface area (Å²) in [6, 6.07) is 12.1. The number of carbonyl (C=O) groups excluding carboxylic acids is 1. The summed E-state index contributed by atoms with van der Waals surface area (Å²) >= 11 is 0. The van der Waals surface area contributed by atoms with Crippen LogP contribution in [0.1, 0.15) is 23.1 Å². The second kappa shape index (κ2) is 7.80. The molecule has 1 fully saturated rings. The Bertz CT molecular complexity index is 705. The van der Waals surface area contributed by atoms with E-state index >= 15 is 0 Å². The van der Waals surface area contributed by atoms with E-state index in [0.29, 0.717) is 18.3 Å². The van der Waals surface area contributed by atoms with Crippen molar-refractivity contribution in [3.05, 3.63) is 47.8 Å². The summed E-state index contributed by atoms with van der Waals surface area (Å²) < 4.78 is 7.05. The normalized spacial score (nSPS) is 16.8. The molecule has 2 heterocycles. The van der Waals surface area contributed by atoms with Crippen molar-refractivity contribution in [3.8, 4) is 5.69 Å². The van der Waals surface area contributed by atoms with Gasteiger partial charge in [0, 0.05) is 45.0 Å². The minimum absolute atomic E-state index is 0.0109. The van der Waals surface area contributed by atoms with E-state index in [1.165, 1.54) is 0 Å². The third-order valence-corrected chi connectivity index (χ3v) is 4.74. The molecule has 6 heteroatoms. The summed E-state index contributed by atoms with van der Waals surface area (Å²) in [7, 11) is 1.72. The van der Waals surface area contributed by atoms with Crippen LogP contribution in [0.25, 0.3) is 5.69 Å². The Morgan fingerprint density at radius 1 is 1.20 bits per heavy atom. The smallest absolute Gasteiger partial charge is 0.274 e. The zero-order valence-corrected chi connectivity index (χ0v) is 15.2.